The summed E-state index contributed by atoms with van der Waals surface area (Å²) in [7, 11) is -0.700. The molecule has 0 aliphatic rings. The molecule has 0 amide bonds. The summed E-state index contributed by atoms with van der Waals surface area (Å²) in [4.78, 5) is 0. The Balaban J connectivity index is 3.57. The normalized spacial score (nSPS) is 17.7. The zero-order chi connectivity index (χ0) is 11.8. The molecular formula is C11H26N2OS. The molecule has 3 unspecified atom stereocenters. The minimum Gasteiger partial charge on any atom is -0.330 e. The molecule has 4 heteroatoms. The third kappa shape index (κ3) is 7.03. The predicted octanol–water partition coefficient (Wildman–Crippen LogP) is 0.964. The van der Waals surface area contributed by atoms with Crippen LogP contribution >= 0.6 is 0 Å². The van der Waals surface area contributed by atoms with Gasteiger partial charge in [0.05, 0.1) is 0 Å². The SMILES string of the molecule is CC(C)C(CN)CNCCC(C)S(C)=O. The van der Waals surface area contributed by atoms with Gasteiger partial charge in [-0.05, 0) is 37.9 Å². The Labute approximate surface area is 96.7 Å². The van der Waals surface area contributed by atoms with Crippen LogP contribution in [0, 0.1) is 11.8 Å². The molecule has 0 rings (SSSR count). The lowest BCUT2D eigenvalue weighted by Crippen LogP contribution is -2.33. The summed E-state index contributed by atoms with van der Waals surface area (Å²) >= 11 is 0. The van der Waals surface area contributed by atoms with E-state index in [1.54, 1.807) is 6.26 Å². The van der Waals surface area contributed by atoms with Crippen LogP contribution in [0.1, 0.15) is 27.2 Å². The first-order chi connectivity index (χ1) is 6.99. The highest BCUT2D eigenvalue weighted by molar-refractivity contribution is 7.84. The van der Waals surface area contributed by atoms with Crippen molar-refractivity contribution in [3.05, 3.63) is 0 Å². The maximum Gasteiger partial charge on any atom is 0.0329 e. The number of hydrogen-bond acceptors (Lipinski definition) is 3. The van der Waals surface area contributed by atoms with Crippen LogP contribution < -0.4 is 11.1 Å². The van der Waals surface area contributed by atoms with E-state index in [1.807, 2.05) is 6.92 Å². The molecule has 0 saturated heterocycles. The molecule has 0 aromatic carbocycles. The fourth-order valence-corrected chi connectivity index (χ4v) is 1.80. The quantitative estimate of drug-likeness (QED) is 0.615. The van der Waals surface area contributed by atoms with Gasteiger partial charge in [0.15, 0.2) is 0 Å². The Morgan fingerprint density at radius 3 is 2.33 bits per heavy atom. The maximum absolute atomic E-state index is 11.1. The zero-order valence-corrected chi connectivity index (χ0v) is 11.3. The molecule has 0 aromatic rings. The van der Waals surface area contributed by atoms with E-state index in [9.17, 15) is 4.21 Å². The smallest absolute Gasteiger partial charge is 0.0329 e. The summed E-state index contributed by atoms with van der Waals surface area (Å²) in [6, 6.07) is 0. The second kappa shape index (κ2) is 8.25. The first kappa shape index (κ1) is 15.1. The second-order valence-electron chi connectivity index (χ2n) is 4.54. The van der Waals surface area contributed by atoms with Gasteiger partial charge in [-0.2, -0.15) is 0 Å². The highest BCUT2D eigenvalue weighted by atomic mass is 32.2. The van der Waals surface area contributed by atoms with Gasteiger partial charge in [-0.1, -0.05) is 20.8 Å². The molecule has 0 aromatic heterocycles. The van der Waals surface area contributed by atoms with Gasteiger partial charge in [-0.25, -0.2) is 0 Å². The van der Waals surface area contributed by atoms with Crippen molar-refractivity contribution in [1.29, 1.82) is 0 Å². The molecule has 0 aliphatic carbocycles. The number of hydrogen-bond donors (Lipinski definition) is 2. The zero-order valence-electron chi connectivity index (χ0n) is 10.5. The summed E-state index contributed by atoms with van der Waals surface area (Å²) in [6.45, 7) is 9.06. The molecule has 3 nitrogen and oxygen atoms in total. The number of nitrogens with two attached hydrogens (primary N) is 1. The highest BCUT2D eigenvalue weighted by Crippen LogP contribution is 2.07. The third-order valence-corrected chi connectivity index (χ3v) is 4.32. The molecule has 0 spiro atoms. The van der Waals surface area contributed by atoms with Crippen LogP contribution in [0.5, 0.6) is 0 Å². The Kier molecular flexibility index (Phi) is 8.29. The van der Waals surface area contributed by atoms with E-state index in [0.717, 1.165) is 26.1 Å². The van der Waals surface area contributed by atoms with E-state index >= 15 is 0 Å². The second-order valence-corrected chi connectivity index (χ2v) is 6.34. The summed E-state index contributed by atoms with van der Waals surface area (Å²) < 4.78 is 11.1. The van der Waals surface area contributed by atoms with Crippen LogP contribution in [0.25, 0.3) is 0 Å². The average Bonchev–Trinajstić information content (AvgIpc) is 2.16. The molecule has 0 bridgehead atoms. The van der Waals surface area contributed by atoms with Gasteiger partial charge in [0.2, 0.25) is 0 Å². The average molecular weight is 234 g/mol. The van der Waals surface area contributed by atoms with Gasteiger partial charge in [0.25, 0.3) is 0 Å². The standard InChI is InChI=1S/C11H26N2OS/c1-9(2)11(7-12)8-13-6-5-10(3)15(4)14/h9-11,13H,5-8,12H2,1-4H3. The van der Waals surface area contributed by atoms with Crippen molar-refractivity contribution >= 4 is 10.8 Å². The van der Waals surface area contributed by atoms with Crippen molar-refractivity contribution in [1.82, 2.24) is 5.32 Å². The van der Waals surface area contributed by atoms with Gasteiger partial charge < -0.3 is 11.1 Å². The first-order valence-corrected chi connectivity index (χ1v) is 7.34. The molecule has 0 fully saturated rings. The van der Waals surface area contributed by atoms with Crippen LogP contribution in [-0.2, 0) is 10.8 Å². The molecular weight excluding hydrogens is 208 g/mol. The fraction of sp³-hybridized carbons (Fsp3) is 1.00. The molecule has 15 heavy (non-hydrogen) atoms. The van der Waals surface area contributed by atoms with E-state index in [-0.39, 0.29) is 5.25 Å². The van der Waals surface area contributed by atoms with Crippen molar-refractivity contribution in [2.75, 3.05) is 25.9 Å². The van der Waals surface area contributed by atoms with E-state index in [0.29, 0.717) is 11.8 Å². The van der Waals surface area contributed by atoms with Crippen molar-refractivity contribution in [3.63, 3.8) is 0 Å². The number of nitrogens with one attached hydrogen (secondary N) is 1. The minimum absolute atomic E-state index is 0.285. The van der Waals surface area contributed by atoms with Gasteiger partial charge in [-0.15, -0.1) is 0 Å². The Bertz CT molecular complexity index is 185. The molecule has 3 atom stereocenters. The Morgan fingerprint density at radius 2 is 1.93 bits per heavy atom. The van der Waals surface area contributed by atoms with Gasteiger partial charge in [0, 0.05) is 22.3 Å². The topological polar surface area (TPSA) is 55.1 Å². The Hall–Kier alpha value is 0.0700. The molecule has 0 aliphatic heterocycles. The van der Waals surface area contributed by atoms with Crippen LogP contribution in [0.15, 0.2) is 0 Å². The largest absolute Gasteiger partial charge is 0.330 e. The van der Waals surface area contributed by atoms with Gasteiger partial charge in [0.1, 0.15) is 0 Å². The highest BCUT2D eigenvalue weighted by Gasteiger charge is 2.11. The fourth-order valence-electron chi connectivity index (χ4n) is 1.35. The molecule has 0 heterocycles. The van der Waals surface area contributed by atoms with Crippen molar-refractivity contribution in [2.24, 2.45) is 17.6 Å². The van der Waals surface area contributed by atoms with Crippen LogP contribution in [0.2, 0.25) is 0 Å². The molecule has 0 radical (unpaired) electrons. The van der Waals surface area contributed by atoms with Crippen LogP contribution in [0.4, 0.5) is 0 Å². The third-order valence-electron chi connectivity index (χ3n) is 2.95. The van der Waals surface area contributed by atoms with E-state index in [4.69, 9.17) is 5.73 Å². The first-order valence-electron chi connectivity index (χ1n) is 5.72. The molecule has 92 valence electrons. The van der Waals surface area contributed by atoms with Crippen molar-refractivity contribution in [2.45, 2.75) is 32.4 Å². The van der Waals surface area contributed by atoms with Crippen molar-refractivity contribution < 1.29 is 4.21 Å². The minimum atomic E-state index is -0.700. The lowest BCUT2D eigenvalue weighted by molar-refractivity contribution is 0.370. The lowest BCUT2D eigenvalue weighted by Gasteiger charge is -2.19. The summed E-state index contributed by atoms with van der Waals surface area (Å²) in [5, 5.41) is 3.67. The Morgan fingerprint density at radius 1 is 1.33 bits per heavy atom. The van der Waals surface area contributed by atoms with Crippen molar-refractivity contribution in [3.8, 4) is 0 Å². The summed E-state index contributed by atoms with van der Waals surface area (Å²) in [5.41, 5.74) is 5.68. The lowest BCUT2D eigenvalue weighted by atomic mass is 9.96. The summed E-state index contributed by atoms with van der Waals surface area (Å²) in [5.74, 6) is 1.17. The van der Waals surface area contributed by atoms with Crippen LogP contribution in [-0.4, -0.2) is 35.3 Å². The summed E-state index contributed by atoms with van der Waals surface area (Å²) in [6.07, 6.45) is 2.74. The molecule has 3 N–H and O–H groups in total. The maximum atomic E-state index is 11.1. The van der Waals surface area contributed by atoms with E-state index < -0.39 is 10.8 Å². The van der Waals surface area contributed by atoms with E-state index in [1.165, 1.54) is 0 Å². The number of rotatable bonds is 8. The molecule has 0 saturated carbocycles. The van der Waals surface area contributed by atoms with Gasteiger partial charge in [-0.3, -0.25) is 4.21 Å². The van der Waals surface area contributed by atoms with Gasteiger partial charge >= 0.3 is 0 Å². The predicted molar refractivity (Wildman–Crippen MR) is 68.4 cm³/mol. The van der Waals surface area contributed by atoms with Crippen LogP contribution in [0.3, 0.4) is 0 Å². The monoisotopic (exact) mass is 234 g/mol. The van der Waals surface area contributed by atoms with E-state index in [2.05, 4.69) is 19.2 Å².